The van der Waals surface area contributed by atoms with E-state index in [1.54, 1.807) is 0 Å². The summed E-state index contributed by atoms with van der Waals surface area (Å²) >= 11 is 0. The molecule has 0 saturated heterocycles. The Labute approximate surface area is 142 Å². The molecule has 1 atom stereocenters. The molecular formula is C9H14CaO10+2. The minimum absolute atomic E-state index is 0. The molecule has 0 aromatic carbocycles. The summed E-state index contributed by atoms with van der Waals surface area (Å²) in [6.45, 7) is 1.20. The van der Waals surface area contributed by atoms with Gasteiger partial charge in [-0.2, -0.15) is 0 Å². The molecule has 0 saturated carbocycles. The number of carboxylic acid groups (broad SMARTS) is 4. The van der Waals surface area contributed by atoms with Crippen LogP contribution in [0.4, 0.5) is 0 Å². The summed E-state index contributed by atoms with van der Waals surface area (Å²) in [6, 6.07) is 0. The van der Waals surface area contributed by atoms with Gasteiger partial charge in [0, 0.05) is 0 Å². The zero-order valence-electron chi connectivity index (χ0n) is 10.5. The van der Waals surface area contributed by atoms with Crippen molar-refractivity contribution in [2.45, 2.75) is 31.5 Å². The molecule has 0 aliphatic heterocycles. The Bertz CT molecular complexity index is 348. The van der Waals surface area contributed by atoms with E-state index in [2.05, 4.69) is 0 Å². The number of carboxylic acids is 4. The van der Waals surface area contributed by atoms with Gasteiger partial charge < -0.3 is 30.6 Å². The van der Waals surface area contributed by atoms with Gasteiger partial charge >= 0.3 is 61.6 Å². The van der Waals surface area contributed by atoms with Crippen molar-refractivity contribution in [2.24, 2.45) is 0 Å². The van der Waals surface area contributed by atoms with Crippen LogP contribution in [0, 0.1) is 0 Å². The largest absolute Gasteiger partial charge is 2.00 e. The number of rotatable bonds is 6. The molecule has 0 fully saturated rings. The Morgan fingerprint density at radius 3 is 1.30 bits per heavy atom. The standard InChI is InChI=1S/C6H8O7.C3H6O3.Ca/c7-3(8)1-6(13,5(11)12)2-4(9)10;1-2(4)3(5)6;/h13H,1-2H2,(H,7,8)(H,9,10)(H,11,12);2,4H,1H3,(H,5,6);/q;;+2. The van der Waals surface area contributed by atoms with Gasteiger partial charge in [0.05, 0.1) is 12.8 Å². The predicted molar refractivity (Wildman–Crippen MR) is 62.2 cm³/mol. The van der Waals surface area contributed by atoms with Crippen molar-refractivity contribution in [3.05, 3.63) is 0 Å². The van der Waals surface area contributed by atoms with Crippen molar-refractivity contribution in [3.8, 4) is 0 Å². The quantitative estimate of drug-likeness (QED) is 0.293. The van der Waals surface area contributed by atoms with Crippen LogP contribution in [-0.2, 0) is 19.2 Å². The molecule has 110 valence electrons. The van der Waals surface area contributed by atoms with E-state index in [9.17, 15) is 19.2 Å². The van der Waals surface area contributed by atoms with Gasteiger partial charge in [-0.1, -0.05) is 0 Å². The van der Waals surface area contributed by atoms with Gasteiger partial charge in [0.1, 0.15) is 6.10 Å². The first-order valence-electron chi connectivity index (χ1n) is 4.72. The maximum atomic E-state index is 10.3. The van der Waals surface area contributed by atoms with E-state index < -0.39 is 48.4 Å². The maximum absolute atomic E-state index is 10.3. The number of carbonyl (C=O) groups is 4. The molecule has 10 nitrogen and oxygen atoms in total. The fourth-order valence-electron chi connectivity index (χ4n) is 0.714. The fraction of sp³-hybridized carbons (Fsp3) is 0.556. The average molecular weight is 322 g/mol. The van der Waals surface area contributed by atoms with Crippen LogP contribution in [0.3, 0.4) is 0 Å². The first kappa shape index (κ1) is 24.1. The third-order valence-corrected chi connectivity index (χ3v) is 1.64. The van der Waals surface area contributed by atoms with Crippen molar-refractivity contribution >= 4 is 61.6 Å². The van der Waals surface area contributed by atoms with Crippen molar-refractivity contribution in [3.63, 3.8) is 0 Å². The van der Waals surface area contributed by atoms with Crippen LogP contribution in [0.15, 0.2) is 0 Å². The molecule has 0 heterocycles. The molecule has 0 aromatic rings. The van der Waals surface area contributed by atoms with Crippen LogP contribution in [0.1, 0.15) is 19.8 Å². The van der Waals surface area contributed by atoms with Gasteiger partial charge in [0.2, 0.25) is 0 Å². The maximum Gasteiger partial charge on any atom is 2.00 e. The first-order valence-corrected chi connectivity index (χ1v) is 4.72. The van der Waals surface area contributed by atoms with Gasteiger partial charge in [-0.05, 0) is 6.92 Å². The zero-order chi connectivity index (χ0) is 15.8. The summed E-state index contributed by atoms with van der Waals surface area (Å²) in [6.07, 6.45) is -3.52. The van der Waals surface area contributed by atoms with E-state index in [0.29, 0.717) is 0 Å². The number of aliphatic hydroxyl groups is 2. The summed E-state index contributed by atoms with van der Waals surface area (Å²) in [5, 5.41) is 49.6. The van der Waals surface area contributed by atoms with Gasteiger partial charge in [-0.3, -0.25) is 9.59 Å². The average Bonchev–Trinajstić information content (AvgIpc) is 2.14. The molecule has 6 N–H and O–H groups in total. The fourth-order valence-corrected chi connectivity index (χ4v) is 0.714. The van der Waals surface area contributed by atoms with Crippen LogP contribution in [0.25, 0.3) is 0 Å². The second-order valence-electron chi connectivity index (χ2n) is 3.49. The third kappa shape index (κ3) is 12.1. The van der Waals surface area contributed by atoms with Crippen molar-refractivity contribution in [1.29, 1.82) is 0 Å². The molecule has 0 rings (SSSR count). The first-order chi connectivity index (χ1) is 8.42. The molecule has 0 radical (unpaired) electrons. The van der Waals surface area contributed by atoms with E-state index in [0.717, 1.165) is 0 Å². The Balaban J connectivity index is -0.000000352. The second-order valence-corrected chi connectivity index (χ2v) is 3.49. The molecule has 1 unspecified atom stereocenters. The molecule has 0 aliphatic rings. The predicted octanol–water partition coefficient (Wildman–Crippen LogP) is -2.18. The van der Waals surface area contributed by atoms with E-state index >= 15 is 0 Å². The van der Waals surface area contributed by atoms with Crippen molar-refractivity contribution in [2.75, 3.05) is 0 Å². The van der Waals surface area contributed by atoms with Crippen LogP contribution >= 0.6 is 0 Å². The Morgan fingerprint density at radius 2 is 1.20 bits per heavy atom. The van der Waals surface area contributed by atoms with E-state index in [1.165, 1.54) is 6.92 Å². The molecule has 20 heavy (non-hydrogen) atoms. The molecule has 0 spiro atoms. The Kier molecular flexibility index (Phi) is 13.0. The summed E-state index contributed by atoms with van der Waals surface area (Å²) in [5.74, 6) is -6.20. The molecule has 0 aliphatic carbocycles. The van der Waals surface area contributed by atoms with E-state index in [-0.39, 0.29) is 37.7 Å². The van der Waals surface area contributed by atoms with Crippen molar-refractivity contribution in [1.82, 2.24) is 0 Å². The smallest absolute Gasteiger partial charge is 0.481 e. The molecule has 0 amide bonds. The summed E-state index contributed by atoms with van der Waals surface area (Å²) in [4.78, 5) is 39.9. The van der Waals surface area contributed by atoms with Gasteiger partial charge in [0.25, 0.3) is 0 Å². The summed E-state index contributed by atoms with van der Waals surface area (Å²) < 4.78 is 0. The van der Waals surface area contributed by atoms with E-state index in [4.69, 9.17) is 30.6 Å². The normalized spacial score (nSPS) is 11.2. The Hall–Kier alpha value is -0.940. The molecule has 11 heteroatoms. The van der Waals surface area contributed by atoms with Gasteiger partial charge in [-0.15, -0.1) is 0 Å². The summed E-state index contributed by atoms with van der Waals surface area (Å²) in [7, 11) is 0. The monoisotopic (exact) mass is 322 g/mol. The number of aliphatic hydroxyl groups excluding tert-OH is 1. The minimum atomic E-state index is -2.74. The second kappa shape index (κ2) is 10.8. The number of hydrogen-bond acceptors (Lipinski definition) is 6. The van der Waals surface area contributed by atoms with Crippen molar-refractivity contribution < 1.29 is 49.8 Å². The topological polar surface area (TPSA) is 190 Å². The van der Waals surface area contributed by atoms with Crippen LogP contribution in [-0.4, -0.2) is 104 Å². The SMILES string of the molecule is CC(O)C(=O)O.O=C(O)CC(O)(CC(=O)O)C(=O)O.[Ca+2]. The zero-order valence-corrected chi connectivity index (χ0v) is 12.7. The summed E-state index contributed by atoms with van der Waals surface area (Å²) in [5.41, 5.74) is -2.74. The number of aliphatic carboxylic acids is 4. The minimum Gasteiger partial charge on any atom is -0.481 e. The molecular weight excluding hydrogens is 308 g/mol. The van der Waals surface area contributed by atoms with Gasteiger partial charge in [-0.25, -0.2) is 9.59 Å². The van der Waals surface area contributed by atoms with E-state index in [1.807, 2.05) is 0 Å². The Morgan fingerprint density at radius 1 is 0.950 bits per heavy atom. The third-order valence-electron chi connectivity index (χ3n) is 1.64. The molecule has 0 aromatic heterocycles. The van der Waals surface area contributed by atoms with Crippen LogP contribution in [0.5, 0.6) is 0 Å². The molecule has 0 bridgehead atoms. The van der Waals surface area contributed by atoms with Crippen LogP contribution in [0.2, 0.25) is 0 Å². The van der Waals surface area contributed by atoms with Crippen LogP contribution < -0.4 is 0 Å². The number of hydrogen-bond donors (Lipinski definition) is 6. The van der Waals surface area contributed by atoms with Gasteiger partial charge in [0.15, 0.2) is 5.60 Å².